The highest BCUT2D eigenvalue weighted by Crippen LogP contribution is 1.99. The molecule has 12 heavy (non-hydrogen) atoms. The van der Waals surface area contributed by atoms with Crippen molar-refractivity contribution < 1.29 is 0 Å². The van der Waals surface area contributed by atoms with Crippen molar-refractivity contribution in [1.29, 1.82) is 0 Å². The van der Waals surface area contributed by atoms with Crippen LogP contribution in [0.3, 0.4) is 0 Å². The van der Waals surface area contributed by atoms with Crippen LogP contribution in [0, 0.1) is 0 Å². The molecule has 0 aliphatic carbocycles. The minimum Gasteiger partial charge on any atom is -0.266 e. The molecule has 0 aromatic rings. The van der Waals surface area contributed by atoms with Crippen molar-refractivity contribution in [3.63, 3.8) is 0 Å². The van der Waals surface area contributed by atoms with E-state index in [0.717, 1.165) is 12.0 Å². The zero-order valence-corrected chi connectivity index (χ0v) is 8.43. The highest BCUT2D eigenvalue weighted by molar-refractivity contribution is 5.82. The molecule has 0 rings (SSSR count). The fourth-order valence-corrected chi connectivity index (χ4v) is 0.762. The monoisotopic (exact) mass is 165 g/mol. The van der Waals surface area contributed by atoms with E-state index in [1.54, 1.807) is 0 Å². The van der Waals surface area contributed by atoms with Crippen LogP contribution in [0.15, 0.2) is 29.4 Å². The standard InChI is InChI=1S/C11H19N/c1-5-7-8-11(4)12-9-10(3)6-2/h6,9H,2,5,7-8H2,1,3-4H3/b10-9+,12-11?. The van der Waals surface area contributed by atoms with Gasteiger partial charge in [-0.25, -0.2) is 0 Å². The van der Waals surface area contributed by atoms with Gasteiger partial charge in [0.05, 0.1) is 0 Å². The van der Waals surface area contributed by atoms with E-state index in [-0.39, 0.29) is 0 Å². The number of hydrogen-bond donors (Lipinski definition) is 0. The second-order valence-electron chi connectivity index (χ2n) is 3.05. The van der Waals surface area contributed by atoms with Crippen molar-refractivity contribution >= 4 is 5.71 Å². The average Bonchev–Trinajstić information content (AvgIpc) is 2.10. The summed E-state index contributed by atoms with van der Waals surface area (Å²) in [5, 5.41) is 0. The first-order chi connectivity index (χ1) is 5.70. The van der Waals surface area contributed by atoms with Crippen molar-refractivity contribution in [2.75, 3.05) is 0 Å². The second kappa shape index (κ2) is 6.84. The molecule has 1 nitrogen and oxygen atoms in total. The molecular formula is C11H19N. The van der Waals surface area contributed by atoms with Crippen molar-refractivity contribution in [3.8, 4) is 0 Å². The maximum atomic E-state index is 4.32. The Morgan fingerprint density at radius 2 is 2.08 bits per heavy atom. The van der Waals surface area contributed by atoms with Gasteiger partial charge in [-0.15, -0.1) is 0 Å². The number of aliphatic imine (C=N–C) groups is 1. The van der Waals surface area contributed by atoms with Crippen LogP contribution in [-0.2, 0) is 0 Å². The van der Waals surface area contributed by atoms with Crippen molar-refractivity contribution in [3.05, 3.63) is 24.4 Å². The Hall–Kier alpha value is -0.850. The van der Waals surface area contributed by atoms with E-state index in [4.69, 9.17) is 0 Å². The lowest BCUT2D eigenvalue weighted by atomic mass is 10.2. The fourth-order valence-electron chi connectivity index (χ4n) is 0.762. The predicted molar refractivity (Wildman–Crippen MR) is 56.6 cm³/mol. The van der Waals surface area contributed by atoms with E-state index in [1.807, 2.05) is 19.2 Å². The minimum absolute atomic E-state index is 1.11. The van der Waals surface area contributed by atoms with Crippen LogP contribution in [0.4, 0.5) is 0 Å². The Kier molecular flexibility index (Phi) is 6.35. The van der Waals surface area contributed by atoms with E-state index in [0.29, 0.717) is 0 Å². The van der Waals surface area contributed by atoms with Gasteiger partial charge in [-0.1, -0.05) is 26.0 Å². The molecule has 0 aromatic heterocycles. The Morgan fingerprint density at radius 1 is 1.42 bits per heavy atom. The van der Waals surface area contributed by atoms with E-state index >= 15 is 0 Å². The van der Waals surface area contributed by atoms with Crippen LogP contribution in [0.25, 0.3) is 0 Å². The van der Waals surface area contributed by atoms with Crippen LogP contribution in [0.5, 0.6) is 0 Å². The highest BCUT2D eigenvalue weighted by Gasteiger charge is 1.88. The van der Waals surface area contributed by atoms with Gasteiger partial charge in [-0.2, -0.15) is 0 Å². The topological polar surface area (TPSA) is 12.4 Å². The third-order valence-corrected chi connectivity index (χ3v) is 1.70. The molecule has 0 saturated carbocycles. The summed E-state index contributed by atoms with van der Waals surface area (Å²) >= 11 is 0. The van der Waals surface area contributed by atoms with Gasteiger partial charge < -0.3 is 0 Å². The van der Waals surface area contributed by atoms with E-state index < -0.39 is 0 Å². The smallest absolute Gasteiger partial charge is 0.0296 e. The van der Waals surface area contributed by atoms with Gasteiger partial charge in [0.15, 0.2) is 0 Å². The molecule has 68 valence electrons. The molecule has 0 aliphatic rings. The summed E-state index contributed by atoms with van der Waals surface area (Å²) in [6.07, 6.45) is 7.26. The number of hydrogen-bond acceptors (Lipinski definition) is 1. The highest BCUT2D eigenvalue weighted by atomic mass is 14.7. The van der Waals surface area contributed by atoms with Gasteiger partial charge >= 0.3 is 0 Å². The largest absolute Gasteiger partial charge is 0.266 e. The van der Waals surface area contributed by atoms with Crippen LogP contribution < -0.4 is 0 Å². The van der Waals surface area contributed by atoms with Crippen LogP contribution in [-0.4, -0.2) is 5.71 Å². The molecular weight excluding hydrogens is 146 g/mol. The van der Waals surface area contributed by atoms with Crippen molar-refractivity contribution in [1.82, 2.24) is 0 Å². The number of rotatable bonds is 5. The van der Waals surface area contributed by atoms with Gasteiger partial charge in [0.1, 0.15) is 0 Å². The summed E-state index contributed by atoms with van der Waals surface area (Å²) in [7, 11) is 0. The van der Waals surface area contributed by atoms with Gasteiger partial charge in [0, 0.05) is 11.9 Å². The maximum Gasteiger partial charge on any atom is 0.0296 e. The molecule has 0 aliphatic heterocycles. The normalized spacial score (nSPS) is 13.2. The predicted octanol–water partition coefficient (Wildman–Crippen LogP) is 3.73. The number of nitrogens with zero attached hydrogens (tertiary/aromatic N) is 1. The van der Waals surface area contributed by atoms with Crippen molar-refractivity contribution in [2.45, 2.75) is 40.0 Å². The summed E-state index contributed by atoms with van der Waals surface area (Å²) in [4.78, 5) is 4.32. The summed E-state index contributed by atoms with van der Waals surface area (Å²) in [6, 6.07) is 0. The van der Waals surface area contributed by atoms with Crippen molar-refractivity contribution in [2.24, 2.45) is 4.99 Å². The van der Waals surface area contributed by atoms with Gasteiger partial charge in [0.25, 0.3) is 0 Å². The van der Waals surface area contributed by atoms with Gasteiger partial charge in [-0.05, 0) is 32.3 Å². The SMILES string of the molecule is C=C/C(C)=C/N=C(C)CCCC. The van der Waals surface area contributed by atoms with E-state index in [9.17, 15) is 0 Å². The molecule has 1 heteroatoms. The van der Waals surface area contributed by atoms with Crippen LogP contribution >= 0.6 is 0 Å². The fraction of sp³-hybridized carbons (Fsp3) is 0.545. The number of unbranched alkanes of at least 4 members (excludes halogenated alkanes) is 1. The lowest BCUT2D eigenvalue weighted by molar-refractivity contribution is 0.833. The van der Waals surface area contributed by atoms with E-state index in [2.05, 4.69) is 25.4 Å². The quantitative estimate of drug-likeness (QED) is 0.435. The third kappa shape index (κ3) is 5.90. The molecule has 0 spiro atoms. The van der Waals surface area contributed by atoms with Gasteiger partial charge in [0.2, 0.25) is 0 Å². The molecule has 0 atom stereocenters. The first-order valence-electron chi connectivity index (χ1n) is 4.53. The number of allylic oxidation sites excluding steroid dienone is 2. The van der Waals surface area contributed by atoms with Crippen LogP contribution in [0.2, 0.25) is 0 Å². The first-order valence-corrected chi connectivity index (χ1v) is 4.53. The maximum absolute atomic E-state index is 4.32. The van der Waals surface area contributed by atoms with Crippen LogP contribution in [0.1, 0.15) is 40.0 Å². The van der Waals surface area contributed by atoms with Gasteiger partial charge in [-0.3, -0.25) is 4.99 Å². The second-order valence-corrected chi connectivity index (χ2v) is 3.05. The molecule has 0 radical (unpaired) electrons. The molecule has 0 unspecified atom stereocenters. The molecule has 0 aromatic carbocycles. The summed E-state index contributed by atoms with van der Waals surface area (Å²) in [5.74, 6) is 0. The Balaban J connectivity index is 3.90. The Morgan fingerprint density at radius 3 is 2.58 bits per heavy atom. The summed E-state index contributed by atoms with van der Waals surface area (Å²) < 4.78 is 0. The molecule has 0 bridgehead atoms. The lowest BCUT2D eigenvalue weighted by Gasteiger charge is -1.95. The summed E-state index contributed by atoms with van der Waals surface area (Å²) in [5.41, 5.74) is 2.32. The zero-order chi connectivity index (χ0) is 9.40. The first kappa shape index (κ1) is 11.2. The molecule has 0 N–H and O–H groups in total. The molecule has 0 heterocycles. The zero-order valence-electron chi connectivity index (χ0n) is 8.43. The summed E-state index contributed by atoms with van der Waals surface area (Å²) in [6.45, 7) is 9.93. The molecule has 0 fully saturated rings. The third-order valence-electron chi connectivity index (χ3n) is 1.70. The molecule has 0 amide bonds. The Bertz CT molecular complexity index is 187. The van der Waals surface area contributed by atoms with E-state index in [1.165, 1.54) is 18.6 Å². The molecule has 0 saturated heterocycles. The Labute approximate surface area is 75.9 Å². The minimum atomic E-state index is 1.11. The lowest BCUT2D eigenvalue weighted by Crippen LogP contribution is -1.89. The average molecular weight is 165 g/mol.